The Hall–Kier alpha value is -2.89. The van der Waals surface area contributed by atoms with E-state index in [0.717, 1.165) is 11.6 Å². The van der Waals surface area contributed by atoms with Gasteiger partial charge in [0, 0.05) is 42.8 Å². The summed E-state index contributed by atoms with van der Waals surface area (Å²) in [5.41, 5.74) is 0.982. The minimum atomic E-state index is -4.32. The van der Waals surface area contributed by atoms with E-state index >= 15 is 0 Å². The SMILES string of the molecule is CC(C)NC(=O)NS(=O)(=O)c1cc(Cl)ccc1OCC(=O)N1C[C@H](C)N(Cc2ccc(F)cc2)C[C@H]1C. The average molecular weight is 555 g/mol. The van der Waals surface area contributed by atoms with Crippen molar-refractivity contribution in [2.75, 3.05) is 19.7 Å². The van der Waals surface area contributed by atoms with Crippen LogP contribution in [0.25, 0.3) is 0 Å². The molecule has 9 nitrogen and oxygen atoms in total. The number of rotatable bonds is 8. The highest BCUT2D eigenvalue weighted by Crippen LogP contribution is 2.28. The van der Waals surface area contributed by atoms with E-state index in [-0.39, 0.29) is 45.5 Å². The zero-order valence-electron chi connectivity index (χ0n) is 21.2. The molecule has 0 aliphatic carbocycles. The minimum absolute atomic E-state index is 0.0420. The summed E-state index contributed by atoms with van der Waals surface area (Å²) in [4.78, 5) is 28.6. The highest BCUT2D eigenvalue weighted by Gasteiger charge is 2.32. The van der Waals surface area contributed by atoms with E-state index in [9.17, 15) is 22.4 Å². The number of nitrogens with one attached hydrogen (secondary N) is 2. The molecule has 0 radical (unpaired) electrons. The Bertz CT molecular complexity index is 1230. The van der Waals surface area contributed by atoms with Crippen LogP contribution in [0.4, 0.5) is 9.18 Å². The standard InChI is InChI=1S/C25H32ClFN4O5S/c1-16(2)28-25(33)29-37(34,35)23-11-20(26)7-10-22(23)36-15-24(32)31-13-17(3)30(12-18(31)4)14-19-5-8-21(27)9-6-19/h5-11,16-18H,12-15H2,1-4H3,(H2,28,29,33)/t17-,18+/m0/s1. The molecule has 12 heteroatoms. The van der Waals surface area contributed by atoms with Gasteiger partial charge in [-0.15, -0.1) is 0 Å². The van der Waals surface area contributed by atoms with Gasteiger partial charge in [0.25, 0.3) is 15.9 Å². The van der Waals surface area contributed by atoms with Gasteiger partial charge in [-0.1, -0.05) is 23.7 Å². The number of halogens is 2. The molecule has 3 rings (SSSR count). The van der Waals surface area contributed by atoms with E-state index in [1.165, 1.54) is 24.3 Å². The average Bonchev–Trinajstić information content (AvgIpc) is 2.80. The molecule has 2 aromatic carbocycles. The molecule has 0 aromatic heterocycles. The molecule has 0 spiro atoms. The topological polar surface area (TPSA) is 108 Å². The van der Waals surface area contributed by atoms with Crippen molar-refractivity contribution >= 4 is 33.6 Å². The number of urea groups is 1. The van der Waals surface area contributed by atoms with Crippen molar-refractivity contribution < 1.29 is 27.1 Å². The molecule has 2 atom stereocenters. The zero-order chi connectivity index (χ0) is 27.3. The van der Waals surface area contributed by atoms with E-state index in [2.05, 4.69) is 10.2 Å². The predicted molar refractivity (Wildman–Crippen MR) is 138 cm³/mol. The van der Waals surface area contributed by atoms with E-state index in [1.54, 1.807) is 30.9 Å². The monoisotopic (exact) mass is 554 g/mol. The third-order valence-corrected chi connectivity index (χ3v) is 7.51. The van der Waals surface area contributed by atoms with Crippen LogP contribution in [-0.4, -0.2) is 68.0 Å². The lowest BCUT2D eigenvalue weighted by Gasteiger charge is -2.44. The lowest BCUT2D eigenvalue weighted by atomic mass is 10.1. The fraction of sp³-hybridized carbons (Fsp3) is 0.440. The molecule has 1 saturated heterocycles. The van der Waals surface area contributed by atoms with Crippen LogP contribution in [0.5, 0.6) is 5.75 Å². The number of sulfonamides is 1. The maximum atomic E-state index is 13.2. The van der Waals surface area contributed by atoms with Crippen LogP contribution in [0, 0.1) is 5.82 Å². The number of hydrogen-bond acceptors (Lipinski definition) is 6. The van der Waals surface area contributed by atoms with Crippen molar-refractivity contribution in [3.8, 4) is 5.75 Å². The van der Waals surface area contributed by atoms with Gasteiger partial charge in [-0.2, -0.15) is 0 Å². The number of piperazine rings is 1. The fourth-order valence-corrected chi connectivity index (χ4v) is 5.42. The van der Waals surface area contributed by atoms with Crippen molar-refractivity contribution in [3.05, 3.63) is 58.9 Å². The maximum Gasteiger partial charge on any atom is 0.328 e. The molecule has 202 valence electrons. The van der Waals surface area contributed by atoms with E-state index in [4.69, 9.17) is 16.3 Å². The molecule has 0 bridgehead atoms. The first-order chi connectivity index (χ1) is 17.4. The Kier molecular flexibility index (Phi) is 9.38. The molecular formula is C25H32ClFN4O5S. The van der Waals surface area contributed by atoms with Crippen LogP contribution in [0.3, 0.4) is 0 Å². The van der Waals surface area contributed by atoms with Crippen LogP contribution < -0.4 is 14.8 Å². The Morgan fingerprint density at radius 1 is 1.11 bits per heavy atom. The summed E-state index contributed by atoms with van der Waals surface area (Å²) in [5, 5.41) is 2.57. The molecule has 1 aliphatic heterocycles. The summed E-state index contributed by atoms with van der Waals surface area (Å²) >= 11 is 6.00. The lowest BCUT2D eigenvalue weighted by Crippen LogP contribution is -2.58. The summed E-state index contributed by atoms with van der Waals surface area (Å²) < 4.78 is 46.4. The number of carbonyl (C=O) groups is 2. The third-order valence-electron chi connectivity index (χ3n) is 5.93. The highest BCUT2D eigenvalue weighted by atomic mass is 35.5. The van der Waals surface area contributed by atoms with Crippen molar-refractivity contribution in [1.29, 1.82) is 0 Å². The zero-order valence-corrected chi connectivity index (χ0v) is 22.8. The molecule has 3 amide bonds. The van der Waals surface area contributed by atoms with Gasteiger partial charge in [-0.25, -0.2) is 22.3 Å². The molecular weight excluding hydrogens is 523 g/mol. The quantitative estimate of drug-likeness (QED) is 0.518. The highest BCUT2D eigenvalue weighted by molar-refractivity contribution is 7.90. The van der Waals surface area contributed by atoms with Crippen molar-refractivity contribution in [3.63, 3.8) is 0 Å². The summed E-state index contributed by atoms with van der Waals surface area (Å²) in [7, 11) is -4.32. The number of carbonyl (C=O) groups excluding carboxylic acids is 2. The first kappa shape index (κ1) is 28.7. The lowest BCUT2D eigenvalue weighted by molar-refractivity contribution is -0.139. The smallest absolute Gasteiger partial charge is 0.328 e. The van der Waals surface area contributed by atoms with E-state index < -0.39 is 22.7 Å². The Morgan fingerprint density at radius 2 is 1.78 bits per heavy atom. The molecule has 1 fully saturated rings. The van der Waals surface area contributed by atoms with Gasteiger partial charge >= 0.3 is 6.03 Å². The van der Waals surface area contributed by atoms with Crippen LogP contribution in [-0.2, 0) is 21.4 Å². The van der Waals surface area contributed by atoms with Crippen molar-refractivity contribution in [1.82, 2.24) is 19.8 Å². The van der Waals surface area contributed by atoms with Gasteiger partial charge in [-0.3, -0.25) is 9.69 Å². The third kappa shape index (κ3) is 7.80. The van der Waals surface area contributed by atoms with Gasteiger partial charge in [-0.05, 0) is 63.6 Å². The van der Waals surface area contributed by atoms with Gasteiger partial charge in [0.2, 0.25) is 0 Å². The van der Waals surface area contributed by atoms with Crippen LogP contribution in [0.2, 0.25) is 5.02 Å². The number of ether oxygens (including phenoxy) is 1. The Morgan fingerprint density at radius 3 is 2.43 bits per heavy atom. The van der Waals surface area contributed by atoms with Crippen LogP contribution in [0.1, 0.15) is 33.3 Å². The van der Waals surface area contributed by atoms with Gasteiger partial charge in [0.05, 0.1) is 0 Å². The Labute approximate surface area is 222 Å². The number of amides is 3. The summed E-state index contributed by atoms with van der Waals surface area (Å²) in [6, 6.07) is 9.05. The second-order valence-corrected chi connectivity index (χ2v) is 11.5. The van der Waals surface area contributed by atoms with Crippen molar-refractivity contribution in [2.45, 2.75) is 57.3 Å². The van der Waals surface area contributed by atoms with Gasteiger partial charge in [0.1, 0.15) is 16.5 Å². The summed E-state index contributed by atoms with van der Waals surface area (Å²) in [6.45, 7) is 8.62. The fourth-order valence-electron chi connectivity index (χ4n) is 4.09. The second-order valence-electron chi connectivity index (χ2n) is 9.41. The molecule has 0 saturated carbocycles. The van der Waals surface area contributed by atoms with Crippen LogP contribution >= 0.6 is 11.6 Å². The molecule has 1 aliphatic rings. The number of benzene rings is 2. The summed E-state index contributed by atoms with van der Waals surface area (Å²) in [6.07, 6.45) is 0. The first-order valence-corrected chi connectivity index (χ1v) is 13.8. The Balaban J connectivity index is 1.65. The second kappa shape index (κ2) is 12.1. The van der Waals surface area contributed by atoms with Gasteiger partial charge < -0.3 is 15.0 Å². The maximum absolute atomic E-state index is 13.2. The molecule has 0 unspecified atom stereocenters. The molecule has 1 heterocycles. The number of nitrogens with zero attached hydrogens (tertiary/aromatic N) is 2. The van der Waals surface area contributed by atoms with E-state index in [1.807, 2.05) is 18.6 Å². The van der Waals surface area contributed by atoms with Crippen LogP contribution in [0.15, 0.2) is 47.4 Å². The number of hydrogen-bond donors (Lipinski definition) is 2. The minimum Gasteiger partial charge on any atom is -0.482 e. The van der Waals surface area contributed by atoms with Crippen molar-refractivity contribution in [2.24, 2.45) is 0 Å². The largest absolute Gasteiger partial charge is 0.482 e. The van der Waals surface area contributed by atoms with Gasteiger partial charge in [0.15, 0.2) is 6.61 Å². The molecule has 37 heavy (non-hydrogen) atoms. The normalized spacial score (nSPS) is 18.5. The molecule has 2 aromatic rings. The summed E-state index contributed by atoms with van der Waals surface area (Å²) in [5.74, 6) is -0.685. The van der Waals surface area contributed by atoms with E-state index in [0.29, 0.717) is 19.6 Å². The predicted octanol–water partition coefficient (Wildman–Crippen LogP) is 3.38. The first-order valence-electron chi connectivity index (χ1n) is 11.9. The molecule has 2 N–H and O–H groups in total.